The summed E-state index contributed by atoms with van der Waals surface area (Å²) < 4.78 is 14.3. The molecule has 0 aromatic heterocycles. The van der Waals surface area contributed by atoms with E-state index >= 15 is 0 Å². The van der Waals surface area contributed by atoms with Crippen molar-refractivity contribution < 1.29 is 30.3 Å². The van der Waals surface area contributed by atoms with Crippen molar-refractivity contribution in [1.82, 2.24) is 0 Å². The van der Waals surface area contributed by atoms with Crippen LogP contribution in [0.3, 0.4) is 0 Å². The average Bonchev–Trinajstić information content (AvgIpc) is 2.91. The van der Waals surface area contributed by atoms with Crippen LogP contribution in [0.25, 0.3) is 0 Å². The standard InChI is InChI=1S/C25H40NOSi.2CH3.Ti/c1-17-9-7-11-19-15-23-21(24(17)19)12-8-10-18-13-14-20(16-22(18)23)28(27)26(5,6)25(2,3)4;;;/h13-14,16,18-21,23-24H,1,7-12,15H2,2-6H3;2*1H3;/q+1;2*-1;+2. The molecule has 4 rings (SSSR count). The minimum Gasteiger partial charge on any atom is -0.358 e. The van der Waals surface area contributed by atoms with Crippen molar-refractivity contribution in [3.8, 4) is 0 Å². The summed E-state index contributed by atoms with van der Waals surface area (Å²) in [5, 5.41) is 0. The van der Waals surface area contributed by atoms with E-state index in [4.69, 9.17) is 0 Å². The molecule has 172 valence electrons. The molecule has 0 aliphatic heterocycles. The van der Waals surface area contributed by atoms with E-state index < -0.39 is 8.84 Å². The summed E-state index contributed by atoms with van der Waals surface area (Å²) in [6, 6.07) is 0. The first kappa shape index (κ1) is 28.9. The Hall–Kier alpha value is -0.0888. The van der Waals surface area contributed by atoms with Gasteiger partial charge in [0.05, 0.1) is 25.2 Å². The first-order chi connectivity index (χ1) is 13.1. The number of quaternary nitrogens is 1. The summed E-state index contributed by atoms with van der Waals surface area (Å²) in [7, 11) is 2.47. The van der Waals surface area contributed by atoms with Gasteiger partial charge in [0.25, 0.3) is 0 Å². The monoisotopic (exact) mass is 476 g/mol. The van der Waals surface area contributed by atoms with Gasteiger partial charge in [0.15, 0.2) is 0 Å². The predicted octanol–water partition coefficient (Wildman–Crippen LogP) is 6.95. The van der Waals surface area contributed by atoms with Gasteiger partial charge >= 0.3 is 30.6 Å². The predicted molar refractivity (Wildman–Crippen MR) is 131 cm³/mol. The molecule has 31 heavy (non-hydrogen) atoms. The quantitative estimate of drug-likeness (QED) is 0.239. The third-order valence-electron chi connectivity index (χ3n) is 8.93. The van der Waals surface area contributed by atoms with Gasteiger partial charge in [0, 0.05) is 0 Å². The molecule has 2 nitrogen and oxygen atoms in total. The fourth-order valence-electron chi connectivity index (χ4n) is 6.55. The Morgan fingerprint density at radius 2 is 1.74 bits per heavy atom. The molecule has 0 N–H and O–H groups in total. The average molecular weight is 477 g/mol. The molecule has 0 aromatic carbocycles. The summed E-state index contributed by atoms with van der Waals surface area (Å²) in [5.74, 6) is 3.74. The van der Waals surface area contributed by atoms with Gasteiger partial charge in [-0.25, -0.2) is 0 Å². The minimum atomic E-state index is -1.84. The zero-order chi connectivity index (χ0) is 20.3. The van der Waals surface area contributed by atoms with Crippen molar-refractivity contribution in [2.24, 2.45) is 29.6 Å². The molecule has 0 radical (unpaired) electrons. The molecule has 0 aromatic rings. The first-order valence-corrected chi connectivity index (χ1v) is 13.0. The van der Waals surface area contributed by atoms with Crippen LogP contribution in [0.1, 0.15) is 65.7 Å². The van der Waals surface area contributed by atoms with Gasteiger partial charge in [-0.05, 0) is 88.9 Å². The Balaban J connectivity index is 0.00000160. The van der Waals surface area contributed by atoms with Crippen LogP contribution in [0.5, 0.6) is 0 Å². The Kier molecular flexibility index (Phi) is 9.76. The van der Waals surface area contributed by atoms with Gasteiger partial charge < -0.3 is 23.5 Å². The van der Waals surface area contributed by atoms with Gasteiger partial charge in [0.2, 0.25) is 0 Å². The van der Waals surface area contributed by atoms with Crippen LogP contribution in [-0.4, -0.2) is 32.6 Å². The van der Waals surface area contributed by atoms with E-state index in [-0.39, 0.29) is 47.7 Å². The van der Waals surface area contributed by atoms with Gasteiger partial charge in [0.1, 0.15) is 0 Å². The van der Waals surface area contributed by atoms with Crippen molar-refractivity contribution in [2.45, 2.75) is 76.8 Å². The second kappa shape index (κ2) is 10.5. The maximum absolute atomic E-state index is 13.7. The maximum Gasteiger partial charge on any atom is 2.00 e. The summed E-state index contributed by atoms with van der Waals surface area (Å²) in [4.78, 5) is 0. The van der Waals surface area contributed by atoms with Gasteiger partial charge in [-0.1, -0.05) is 42.4 Å². The van der Waals surface area contributed by atoms with Gasteiger partial charge in [-0.15, -0.1) is 0 Å². The van der Waals surface area contributed by atoms with Crippen molar-refractivity contribution >= 4 is 8.84 Å². The Labute approximate surface area is 209 Å². The van der Waals surface area contributed by atoms with E-state index in [0.717, 1.165) is 17.8 Å². The molecule has 6 atom stereocenters. The van der Waals surface area contributed by atoms with E-state index in [1.54, 1.807) is 11.1 Å². The molecule has 0 spiro atoms. The zero-order valence-corrected chi connectivity index (χ0v) is 23.8. The molecule has 0 saturated heterocycles. The normalized spacial score (nSPS) is 34.5. The number of hydrogen-bond acceptors (Lipinski definition) is 1. The number of nitrogens with zero attached hydrogens (tertiary/aromatic N) is 1. The summed E-state index contributed by atoms with van der Waals surface area (Å²) in [5.41, 5.74) is 3.31. The van der Waals surface area contributed by atoms with Crippen LogP contribution < -0.4 is 0 Å². The van der Waals surface area contributed by atoms with E-state index in [0.29, 0.717) is 16.0 Å². The van der Waals surface area contributed by atoms with Crippen molar-refractivity contribution in [1.29, 1.82) is 0 Å². The van der Waals surface area contributed by atoms with Crippen LogP contribution in [-0.2, 0) is 26.2 Å². The molecule has 3 saturated carbocycles. The molecule has 0 amide bonds. The summed E-state index contributed by atoms with van der Waals surface area (Å²) >= 11 is 0. The molecule has 4 aliphatic carbocycles. The molecule has 4 heteroatoms. The van der Waals surface area contributed by atoms with Crippen LogP contribution >= 0.6 is 0 Å². The largest absolute Gasteiger partial charge is 2.00 e. The van der Waals surface area contributed by atoms with Crippen molar-refractivity contribution in [2.75, 3.05) is 14.1 Å². The van der Waals surface area contributed by atoms with E-state index in [1.165, 1.54) is 44.9 Å². The fourth-order valence-corrected chi connectivity index (χ4v) is 8.56. The first-order valence-electron chi connectivity index (χ1n) is 11.6. The smallest absolute Gasteiger partial charge is 0.358 e. The zero-order valence-electron chi connectivity index (χ0n) is 21.2. The van der Waals surface area contributed by atoms with Gasteiger partial charge in [-0.2, -0.15) is 0 Å². The third-order valence-corrected chi connectivity index (χ3v) is 11.6. The van der Waals surface area contributed by atoms with Crippen LogP contribution in [0.15, 0.2) is 36.0 Å². The van der Waals surface area contributed by atoms with Gasteiger partial charge in [-0.3, -0.25) is 0 Å². The van der Waals surface area contributed by atoms with Crippen LogP contribution in [0, 0.1) is 44.4 Å². The SMILES string of the molecule is C=C1CCCC2CC3C4=CC([Si](=O)[N+](C)(C)C(C)(C)C)C=CC4CCCC3C12.[CH3-].[CH3-].[Ti+2]. The Morgan fingerprint density at radius 1 is 1.06 bits per heavy atom. The minimum absolute atomic E-state index is 0. The molecule has 0 bridgehead atoms. The van der Waals surface area contributed by atoms with E-state index in [1.807, 2.05) is 0 Å². The number of rotatable bonds is 2. The topological polar surface area (TPSA) is 17.1 Å². The summed E-state index contributed by atoms with van der Waals surface area (Å²) in [6.07, 6.45) is 16.6. The van der Waals surface area contributed by atoms with Crippen LogP contribution in [0.2, 0.25) is 5.54 Å². The molecule has 0 heterocycles. The molecule has 3 fully saturated rings. The number of fused-ring (bicyclic) bond motifs is 5. The van der Waals surface area contributed by atoms with Crippen molar-refractivity contribution in [3.05, 3.63) is 50.8 Å². The fraction of sp³-hybridized carbons (Fsp3) is 0.704. The maximum atomic E-state index is 13.7. The molecule has 6 unspecified atom stereocenters. The molecule has 4 aliphatic rings. The second-order valence-electron chi connectivity index (χ2n) is 11.4. The Morgan fingerprint density at radius 3 is 2.39 bits per heavy atom. The second-order valence-corrected chi connectivity index (χ2v) is 13.9. The van der Waals surface area contributed by atoms with Crippen LogP contribution in [0.4, 0.5) is 0 Å². The molecular weight excluding hydrogens is 430 g/mol. The summed E-state index contributed by atoms with van der Waals surface area (Å²) in [6.45, 7) is 11.1. The number of allylic oxidation sites excluding steroid dienone is 5. The van der Waals surface area contributed by atoms with E-state index in [9.17, 15) is 4.46 Å². The van der Waals surface area contributed by atoms with E-state index in [2.05, 4.69) is 59.7 Å². The van der Waals surface area contributed by atoms with Crippen molar-refractivity contribution in [3.63, 3.8) is 0 Å². The Bertz CT molecular complexity index is 732. The molecular formula is C27H46NOSiTi+. The number of hydrogen-bond donors (Lipinski definition) is 0. The third kappa shape index (κ3) is 5.05.